The van der Waals surface area contributed by atoms with Gasteiger partial charge in [-0.3, -0.25) is 5.32 Å². The van der Waals surface area contributed by atoms with E-state index in [2.05, 4.69) is 19.2 Å². The van der Waals surface area contributed by atoms with Crippen molar-refractivity contribution in [3.8, 4) is 0 Å². The summed E-state index contributed by atoms with van der Waals surface area (Å²) in [6.45, 7) is 7.14. The molecule has 1 spiro atoms. The Labute approximate surface area is 72.4 Å². The molecule has 3 heteroatoms. The Morgan fingerprint density at radius 2 is 2.17 bits per heavy atom. The van der Waals surface area contributed by atoms with E-state index < -0.39 is 0 Å². The second-order valence-electron chi connectivity index (χ2n) is 4.44. The molecule has 12 heavy (non-hydrogen) atoms. The molecule has 0 aromatic heterocycles. The Balaban J connectivity index is 2.04. The van der Waals surface area contributed by atoms with E-state index in [1.54, 1.807) is 0 Å². The van der Waals surface area contributed by atoms with Gasteiger partial charge in [-0.25, -0.2) is 0 Å². The summed E-state index contributed by atoms with van der Waals surface area (Å²) < 4.78 is 11.7. The lowest BCUT2D eigenvalue weighted by Gasteiger charge is -2.48. The van der Waals surface area contributed by atoms with Crippen molar-refractivity contribution in [1.29, 1.82) is 0 Å². The van der Waals surface area contributed by atoms with Crippen LogP contribution >= 0.6 is 0 Å². The Kier molecular flexibility index (Phi) is 1.13. The molecular formula is C9H15NO2. The summed E-state index contributed by atoms with van der Waals surface area (Å²) >= 11 is 0. The van der Waals surface area contributed by atoms with Crippen LogP contribution in [0.2, 0.25) is 0 Å². The van der Waals surface area contributed by atoms with Crippen LogP contribution in [0, 0.1) is 11.8 Å². The van der Waals surface area contributed by atoms with Crippen LogP contribution in [-0.4, -0.2) is 31.1 Å². The second-order valence-corrected chi connectivity index (χ2v) is 4.44. The minimum Gasteiger partial charge on any atom is -0.370 e. The molecular weight excluding hydrogens is 154 g/mol. The van der Waals surface area contributed by atoms with E-state index in [0.29, 0.717) is 11.8 Å². The molecule has 2 unspecified atom stereocenters. The zero-order valence-electron chi connectivity index (χ0n) is 7.59. The smallest absolute Gasteiger partial charge is 0.154 e. The van der Waals surface area contributed by atoms with Gasteiger partial charge in [0.1, 0.15) is 5.60 Å². The summed E-state index contributed by atoms with van der Waals surface area (Å²) in [5.41, 5.74) is -0.192. The Hall–Kier alpha value is -0.120. The van der Waals surface area contributed by atoms with Crippen molar-refractivity contribution in [2.45, 2.75) is 25.2 Å². The van der Waals surface area contributed by atoms with E-state index >= 15 is 0 Å². The average molecular weight is 169 g/mol. The predicted molar refractivity (Wildman–Crippen MR) is 43.7 cm³/mol. The van der Waals surface area contributed by atoms with E-state index in [9.17, 15) is 0 Å². The highest BCUT2D eigenvalue weighted by Gasteiger charge is 2.70. The van der Waals surface area contributed by atoms with Crippen LogP contribution in [0.5, 0.6) is 0 Å². The molecule has 0 aromatic carbocycles. The standard InChI is InChI=1S/C9H15NO2/c1-6-4-12-9-7(3-10-9)5-11-8(6,9)2/h6-7,10H,3-5H2,1-2H3/t6?,7?,8-,9-/m1/s1. The predicted octanol–water partition coefficient (Wildman–Crippen LogP) is 0.357. The molecule has 0 amide bonds. The molecule has 3 saturated heterocycles. The van der Waals surface area contributed by atoms with Gasteiger partial charge in [-0.15, -0.1) is 0 Å². The van der Waals surface area contributed by atoms with E-state index in [0.717, 1.165) is 19.8 Å². The van der Waals surface area contributed by atoms with Gasteiger partial charge < -0.3 is 9.47 Å². The third-order valence-electron chi connectivity index (χ3n) is 4.01. The van der Waals surface area contributed by atoms with Gasteiger partial charge in [0.25, 0.3) is 0 Å². The van der Waals surface area contributed by atoms with Gasteiger partial charge in [0, 0.05) is 18.4 Å². The summed E-state index contributed by atoms with van der Waals surface area (Å²) in [6, 6.07) is 0. The van der Waals surface area contributed by atoms with E-state index in [-0.39, 0.29) is 11.3 Å². The van der Waals surface area contributed by atoms with Crippen molar-refractivity contribution < 1.29 is 9.47 Å². The molecule has 3 heterocycles. The zero-order valence-corrected chi connectivity index (χ0v) is 7.59. The normalized spacial score (nSPS) is 62.5. The Morgan fingerprint density at radius 3 is 2.75 bits per heavy atom. The van der Waals surface area contributed by atoms with Crippen LogP contribution < -0.4 is 5.32 Å². The lowest BCUT2D eigenvalue weighted by atomic mass is 9.75. The SMILES string of the molecule is CC1CO[C@]23NCC2CO[C@]13C. The van der Waals surface area contributed by atoms with Crippen molar-refractivity contribution >= 4 is 0 Å². The fraction of sp³-hybridized carbons (Fsp3) is 1.00. The van der Waals surface area contributed by atoms with Gasteiger partial charge in [-0.2, -0.15) is 0 Å². The topological polar surface area (TPSA) is 30.5 Å². The molecule has 3 rings (SSSR count). The molecule has 0 saturated carbocycles. The van der Waals surface area contributed by atoms with Gasteiger partial charge in [0.15, 0.2) is 5.72 Å². The first-order chi connectivity index (χ1) is 5.69. The van der Waals surface area contributed by atoms with Crippen LogP contribution in [0.4, 0.5) is 0 Å². The molecule has 0 radical (unpaired) electrons. The fourth-order valence-corrected chi connectivity index (χ4v) is 2.81. The molecule has 3 aliphatic rings. The summed E-state index contributed by atoms with van der Waals surface area (Å²) in [5.74, 6) is 1.10. The summed E-state index contributed by atoms with van der Waals surface area (Å²) in [7, 11) is 0. The van der Waals surface area contributed by atoms with Gasteiger partial charge in [0.05, 0.1) is 13.2 Å². The summed E-state index contributed by atoms with van der Waals surface area (Å²) in [6.07, 6.45) is 0. The highest BCUT2D eigenvalue weighted by Crippen LogP contribution is 2.53. The van der Waals surface area contributed by atoms with Crippen molar-refractivity contribution in [3.05, 3.63) is 0 Å². The van der Waals surface area contributed by atoms with Gasteiger partial charge in [-0.05, 0) is 6.92 Å². The summed E-state index contributed by atoms with van der Waals surface area (Å²) in [4.78, 5) is 0. The summed E-state index contributed by atoms with van der Waals surface area (Å²) in [5, 5.41) is 3.41. The molecule has 1 N–H and O–H groups in total. The maximum absolute atomic E-state index is 5.87. The third-order valence-corrected chi connectivity index (χ3v) is 4.01. The molecule has 0 aliphatic carbocycles. The van der Waals surface area contributed by atoms with Crippen LogP contribution in [0.1, 0.15) is 13.8 Å². The third kappa shape index (κ3) is 0.515. The monoisotopic (exact) mass is 169 g/mol. The van der Waals surface area contributed by atoms with Crippen LogP contribution in [0.3, 0.4) is 0 Å². The highest BCUT2D eigenvalue weighted by atomic mass is 16.6. The van der Waals surface area contributed by atoms with Crippen LogP contribution in [-0.2, 0) is 9.47 Å². The van der Waals surface area contributed by atoms with Crippen molar-refractivity contribution in [2.24, 2.45) is 11.8 Å². The minimum absolute atomic E-state index is 0.0735. The minimum atomic E-state index is -0.119. The van der Waals surface area contributed by atoms with E-state index in [4.69, 9.17) is 9.47 Å². The maximum atomic E-state index is 5.87. The first kappa shape index (κ1) is 7.30. The molecule has 3 aliphatic heterocycles. The largest absolute Gasteiger partial charge is 0.370 e. The van der Waals surface area contributed by atoms with Crippen LogP contribution in [0.15, 0.2) is 0 Å². The van der Waals surface area contributed by atoms with Crippen LogP contribution in [0.25, 0.3) is 0 Å². The number of ether oxygens (including phenoxy) is 2. The Bertz CT molecular complexity index is 221. The highest BCUT2D eigenvalue weighted by molar-refractivity contribution is 5.17. The quantitative estimate of drug-likeness (QED) is 0.568. The zero-order chi connectivity index (χ0) is 8.40. The van der Waals surface area contributed by atoms with Gasteiger partial charge in [0.2, 0.25) is 0 Å². The molecule has 0 aromatic rings. The first-order valence-electron chi connectivity index (χ1n) is 4.72. The maximum Gasteiger partial charge on any atom is 0.154 e. The van der Waals surface area contributed by atoms with Crippen molar-refractivity contribution in [1.82, 2.24) is 5.32 Å². The fourth-order valence-electron chi connectivity index (χ4n) is 2.81. The van der Waals surface area contributed by atoms with Gasteiger partial charge in [-0.1, -0.05) is 6.92 Å². The second kappa shape index (κ2) is 1.86. The van der Waals surface area contributed by atoms with E-state index in [1.807, 2.05) is 0 Å². The molecule has 3 fully saturated rings. The number of hydrogen-bond donors (Lipinski definition) is 1. The molecule has 0 bridgehead atoms. The molecule has 4 atom stereocenters. The van der Waals surface area contributed by atoms with Crippen molar-refractivity contribution in [2.75, 3.05) is 19.8 Å². The van der Waals surface area contributed by atoms with E-state index in [1.165, 1.54) is 0 Å². The number of rotatable bonds is 0. The molecule has 3 nitrogen and oxygen atoms in total. The first-order valence-corrected chi connectivity index (χ1v) is 4.72. The lowest BCUT2D eigenvalue weighted by molar-refractivity contribution is -0.151. The number of nitrogens with one attached hydrogen (secondary N) is 1. The number of hydrogen-bond acceptors (Lipinski definition) is 3. The molecule has 68 valence electrons. The average Bonchev–Trinajstić information content (AvgIpc) is 2.35. The van der Waals surface area contributed by atoms with Crippen molar-refractivity contribution in [3.63, 3.8) is 0 Å². The lowest BCUT2D eigenvalue weighted by Crippen LogP contribution is -2.71. The Morgan fingerprint density at radius 1 is 1.33 bits per heavy atom. The van der Waals surface area contributed by atoms with Gasteiger partial charge >= 0.3 is 0 Å².